The van der Waals surface area contributed by atoms with E-state index in [-0.39, 0.29) is 44.4 Å². The van der Waals surface area contributed by atoms with Crippen molar-refractivity contribution in [3.63, 3.8) is 0 Å². The van der Waals surface area contributed by atoms with Gasteiger partial charge >= 0.3 is 18.1 Å². The van der Waals surface area contributed by atoms with Crippen molar-refractivity contribution >= 4 is 57.3 Å². The van der Waals surface area contributed by atoms with E-state index in [1.807, 2.05) is 58.2 Å². The Morgan fingerprint density at radius 1 is 1.08 bits per heavy atom. The summed E-state index contributed by atoms with van der Waals surface area (Å²) in [5.41, 5.74) is -0.317. The van der Waals surface area contributed by atoms with Crippen LogP contribution in [0.1, 0.15) is 79.6 Å². The molecule has 2 aliphatic heterocycles. The number of urea groups is 1. The van der Waals surface area contributed by atoms with E-state index in [0.29, 0.717) is 46.6 Å². The first-order valence-corrected chi connectivity index (χ1v) is 22.5. The number of benzene rings is 1. The van der Waals surface area contributed by atoms with E-state index in [9.17, 15) is 29.1 Å². The van der Waals surface area contributed by atoms with Crippen molar-refractivity contribution in [3.8, 4) is 22.9 Å². The summed E-state index contributed by atoms with van der Waals surface area (Å²) >= 11 is 1.45. The summed E-state index contributed by atoms with van der Waals surface area (Å²) in [6, 6.07) is 4.91. The van der Waals surface area contributed by atoms with Crippen LogP contribution in [-0.4, -0.2) is 137 Å². The number of nitrogens with zero attached hydrogens (tertiary/aromatic N) is 5. The molecule has 0 bridgehead atoms. The summed E-state index contributed by atoms with van der Waals surface area (Å²) in [5, 5.41) is 22.6. The molecule has 1 aromatic carbocycles. The Labute approximate surface area is 372 Å². The number of fused-ring (bicyclic) bond motifs is 3. The van der Waals surface area contributed by atoms with Crippen molar-refractivity contribution in [2.45, 2.75) is 115 Å². The van der Waals surface area contributed by atoms with Gasteiger partial charge in [-0.2, -0.15) is 0 Å². The Morgan fingerprint density at radius 2 is 1.84 bits per heavy atom. The molecule has 1 aliphatic carbocycles. The molecule has 4 N–H and O–H groups in total. The van der Waals surface area contributed by atoms with E-state index in [0.717, 1.165) is 18.0 Å². The number of anilines is 1. The van der Waals surface area contributed by atoms with Crippen LogP contribution < -0.4 is 25.4 Å². The van der Waals surface area contributed by atoms with E-state index >= 15 is 0 Å². The van der Waals surface area contributed by atoms with Gasteiger partial charge in [-0.25, -0.2) is 24.4 Å². The van der Waals surface area contributed by atoms with Crippen LogP contribution in [0.15, 0.2) is 41.8 Å². The maximum absolute atomic E-state index is 14.9. The molecular formula is C45H62N8O9S. The molecule has 3 aliphatic rings. The second-order valence-electron chi connectivity index (χ2n) is 18.4. The molecule has 0 radical (unpaired) electrons. The van der Waals surface area contributed by atoms with Gasteiger partial charge in [0.05, 0.1) is 31.4 Å². The topological polar surface area (TPSA) is 205 Å². The van der Waals surface area contributed by atoms with Gasteiger partial charge in [-0.1, -0.05) is 45.8 Å². The van der Waals surface area contributed by atoms with Crippen LogP contribution in [0, 0.1) is 11.3 Å². The van der Waals surface area contributed by atoms with Gasteiger partial charge in [0.1, 0.15) is 47.0 Å². The van der Waals surface area contributed by atoms with E-state index < -0.39 is 65.0 Å². The molecule has 0 spiro atoms. The number of methoxy groups -OCH3 is 1. The molecular weight excluding hydrogens is 829 g/mol. The number of carbonyl (C=O) groups excluding carboxylic acids is 4. The first kappa shape index (κ1) is 46.8. The zero-order valence-electron chi connectivity index (χ0n) is 37.7. The quantitative estimate of drug-likeness (QED) is 0.160. The SMILES string of the molecule is COc1ccc2c(O[C@@H]3C[C@H]4C(=O)N[C@]5(C(=O)O)CC5/C=C\CCCCC[C@H](NC(=O)O[C@H](CN(C)C(=O)N(C)C)C(C)(C)C)C(=O)N4C3)cc(-c3csc(NC(C)C)n3)nc2c1. The molecule has 5 amide bonds. The highest BCUT2D eigenvalue weighted by molar-refractivity contribution is 7.14. The maximum atomic E-state index is 14.9. The van der Waals surface area contributed by atoms with Crippen LogP contribution in [0.25, 0.3) is 22.3 Å². The lowest BCUT2D eigenvalue weighted by Crippen LogP contribution is -2.56. The minimum atomic E-state index is -1.50. The van der Waals surface area contributed by atoms with Crippen molar-refractivity contribution in [2.75, 3.05) is 46.7 Å². The van der Waals surface area contributed by atoms with E-state index in [1.54, 1.807) is 46.5 Å². The van der Waals surface area contributed by atoms with Gasteiger partial charge in [0, 0.05) is 67.8 Å². The molecule has 18 heteroatoms. The Balaban J connectivity index is 1.32. The summed E-state index contributed by atoms with van der Waals surface area (Å²) in [5.74, 6) is -1.64. The molecule has 2 fully saturated rings. The number of hydrogen-bond acceptors (Lipinski definition) is 12. The Bertz CT molecular complexity index is 2210. The van der Waals surface area contributed by atoms with Crippen molar-refractivity contribution in [3.05, 3.63) is 41.8 Å². The number of carboxylic acids is 1. The van der Waals surface area contributed by atoms with Gasteiger partial charge < -0.3 is 50.0 Å². The van der Waals surface area contributed by atoms with Crippen molar-refractivity contribution in [1.82, 2.24) is 35.3 Å². The van der Waals surface area contributed by atoms with Gasteiger partial charge in [-0.15, -0.1) is 11.3 Å². The second kappa shape index (κ2) is 19.4. The number of likely N-dealkylation sites (N-methyl/N-ethyl adjacent to an activating group) is 1. The number of allylic oxidation sites excluding steroid dienone is 1. The third kappa shape index (κ3) is 11.1. The van der Waals surface area contributed by atoms with Gasteiger partial charge in [0.2, 0.25) is 11.8 Å². The zero-order chi connectivity index (χ0) is 45.8. The maximum Gasteiger partial charge on any atom is 0.408 e. The molecule has 17 nitrogen and oxygen atoms in total. The van der Waals surface area contributed by atoms with Crippen LogP contribution >= 0.6 is 11.3 Å². The average molecular weight is 891 g/mol. The van der Waals surface area contributed by atoms with Crippen LogP contribution in [0.4, 0.5) is 14.7 Å². The smallest absolute Gasteiger partial charge is 0.408 e. The van der Waals surface area contributed by atoms with Crippen molar-refractivity contribution in [1.29, 1.82) is 0 Å². The lowest BCUT2D eigenvalue weighted by atomic mass is 9.88. The summed E-state index contributed by atoms with van der Waals surface area (Å²) in [6.45, 7) is 9.82. The zero-order valence-corrected chi connectivity index (χ0v) is 38.5. The lowest BCUT2D eigenvalue weighted by Gasteiger charge is -2.35. The van der Waals surface area contributed by atoms with Crippen LogP contribution in [0.5, 0.6) is 11.5 Å². The number of carboxylic acid groups (broad SMARTS) is 1. The first-order valence-electron chi connectivity index (χ1n) is 21.6. The predicted octanol–water partition coefficient (Wildman–Crippen LogP) is 6.14. The molecule has 4 heterocycles. The molecule has 1 saturated carbocycles. The highest BCUT2D eigenvalue weighted by Gasteiger charge is 2.61. The van der Waals surface area contributed by atoms with Gasteiger partial charge in [-0.3, -0.25) is 9.59 Å². The number of hydrogen-bond donors (Lipinski definition) is 4. The fourth-order valence-corrected chi connectivity index (χ4v) is 8.88. The number of amides is 5. The molecule has 1 saturated heterocycles. The van der Waals surface area contributed by atoms with E-state index in [4.69, 9.17) is 24.2 Å². The summed E-state index contributed by atoms with van der Waals surface area (Å²) in [6.07, 6.45) is 4.85. The summed E-state index contributed by atoms with van der Waals surface area (Å²) < 4.78 is 18.2. The van der Waals surface area contributed by atoms with Crippen LogP contribution in [0.2, 0.25) is 0 Å². The minimum Gasteiger partial charge on any atom is -0.497 e. The fourth-order valence-electron chi connectivity index (χ4n) is 8.02. The highest BCUT2D eigenvalue weighted by Crippen LogP contribution is 2.45. The number of nitrogens with one attached hydrogen (secondary N) is 3. The third-order valence-corrected chi connectivity index (χ3v) is 12.5. The third-order valence-electron chi connectivity index (χ3n) is 11.7. The number of carbonyl (C=O) groups is 5. The standard InChI is InChI=1S/C45H62N8O9S/c1-26(2)46-41-48-34(25-63-41)33-21-36(30-18-17-28(60-9)19-32(30)47-33)61-29-20-35-38(54)50-45(40(56)57)22-27(45)15-13-11-10-12-14-16-31(39(55)53(35)23-29)49-42(58)62-37(44(3,4)5)24-52(8)43(59)51(6)7/h13,15,17-19,21,25-27,29,31,35,37H,10-12,14,16,20,22-24H2,1-9H3,(H,46,48)(H,49,58)(H,50,54)(H,56,57)/b15-13-/t27?,29-,31+,35+,37-,45-/m1/s1. The fraction of sp³-hybridized carbons (Fsp3) is 0.578. The van der Waals surface area contributed by atoms with Crippen LogP contribution in [-0.2, 0) is 19.1 Å². The number of pyridine rings is 1. The molecule has 1 unspecified atom stereocenters. The Morgan fingerprint density at radius 3 is 2.52 bits per heavy atom. The predicted molar refractivity (Wildman–Crippen MR) is 240 cm³/mol. The van der Waals surface area contributed by atoms with E-state index in [1.165, 1.54) is 26.0 Å². The molecule has 342 valence electrons. The number of ether oxygens (including phenoxy) is 3. The monoisotopic (exact) mass is 890 g/mol. The van der Waals surface area contributed by atoms with Crippen molar-refractivity contribution in [2.24, 2.45) is 11.3 Å². The molecule has 2 aromatic heterocycles. The van der Waals surface area contributed by atoms with E-state index in [2.05, 4.69) is 16.0 Å². The largest absolute Gasteiger partial charge is 0.497 e. The summed E-state index contributed by atoms with van der Waals surface area (Å²) in [7, 11) is 6.47. The Hall–Kier alpha value is -5.65. The first-order chi connectivity index (χ1) is 29.8. The highest BCUT2D eigenvalue weighted by atomic mass is 32.1. The molecule has 6 atom stereocenters. The van der Waals surface area contributed by atoms with Gasteiger partial charge in [-0.05, 0) is 51.7 Å². The van der Waals surface area contributed by atoms with Crippen LogP contribution in [0.3, 0.4) is 0 Å². The van der Waals surface area contributed by atoms with Gasteiger partial charge in [0.25, 0.3) is 0 Å². The number of aliphatic carboxylic acids is 1. The number of rotatable bonds is 11. The Kier molecular flexibility index (Phi) is 14.4. The lowest BCUT2D eigenvalue weighted by molar-refractivity contribution is -0.145. The van der Waals surface area contributed by atoms with Gasteiger partial charge in [0.15, 0.2) is 5.13 Å². The summed E-state index contributed by atoms with van der Waals surface area (Å²) in [4.78, 5) is 82.4. The van der Waals surface area contributed by atoms with Crippen molar-refractivity contribution < 1.29 is 43.3 Å². The average Bonchev–Trinajstić information content (AvgIpc) is 3.48. The molecule has 63 heavy (non-hydrogen) atoms. The number of thiazole rings is 1. The normalized spacial score (nSPS) is 23.9. The number of alkyl carbamates (subject to hydrolysis) is 1. The minimum absolute atomic E-state index is 0.0376. The number of aromatic nitrogens is 2. The molecule has 3 aromatic rings. The second-order valence-corrected chi connectivity index (χ2v) is 19.2. The molecule has 6 rings (SSSR count).